The Kier molecular flexibility index (Phi) is 6.05. The minimum atomic E-state index is -0.895. The van der Waals surface area contributed by atoms with Crippen LogP contribution in [0.1, 0.15) is 5.56 Å². The number of nitrogens with one attached hydrogen (secondary N) is 2. The molecule has 0 aromatic heterocycles. The highest BCUT2D eigenvalue weighted by Gasteiger charge is 2.23. The van der Waals surface area contributed by atoms with Crippen LogP contribution in [0.5, 0.6) is 0 Å². The van der Waals surface area contributed by atoms with Crippen LogP contribution in [0, 0.1) is 11.6 Å². The van der Waals surface area contributed by atoms with Gasteiger partial charge in [0.25, 0.3) is 0 Å². The second-order valence-electron chi connectivity index (χ2n) is 5.70. The Morgan fingerprint density at radius 1 is 1.08 bits per heavy atom. The van der Waals surface area contributed by atoms with Crippen LogP contribution in [0.15, 0.2) is 48.5 Å². The SMILES string of the molecule is CN(C)C(=O)[C@@H](Cc1ccccc1)NC(=O)Nc1ccc(F)cc1F. The molecule has 5 nitrogen and oxygen atoms in total. The average Bonchev–Trinajstić information content (AvgIpc) is 2.57. The molecular formula is C18H19F2N3O2. The summed E-state index contributed by atoms with van der Waals surface area (Å²) in [5, 5.41) is 4.82. The van der Waals surface area contributed by atoms with Gasteiger partial charge in [0.05, 0.1) is 5.69 Å². The van der Waals surface area contributed by atoms with E-state index in [0.717, 1.165) is 17.7 Å². The van der Waals surface area contributed by atoms with Crippen LogP contribution in [0.2, 0.25) is 0 Å². The number of carbonyl (C=O) groups is 2. The largest absolute Gasteiger partial charge is 0.347 e. The second kappa shape index (κ2) is 8.23. The molecule has 25 heavy (non-hydrogen) atoms. The Morgan fingerprint density at radius 3 is 2.36 bits per heavy atom. The van der Waals surface area contributed by atoms with Gasteiger partial charge in [-0.2, -0.15) is 0 Å². The summed E-state index contributed by atoms with van der Waals surface area (Å²) in [6.07, 6.45) is 0.289. The van der Waals surface area contributed by atoms with Gasteiger partial charge < -0.3 is 15.5 Å². The van der Waals surface area contributed by atoms with E-state index >= 15 is 0 Å². The van der Waals surface area contributed by atoms with Gasteiger partial charge in [0.2, 0.25) is 5.91 Å². The van der Waals surface area contributed by atoms with Crippen molar-refractivity contribution in [3.63, 3.8) is 0 Å². The number of anilines is 1. The van der Waals surface area contributed by atoms with Gasteiger partial charge in [-0.3, -0.25) is 4.79 Å². The zero-order valence-corrected chi connectivity index (χ0v) is 13.9. The van der Waals surface area contributed by atoms with Crippen LogP contribution in [-0.2, 0) is 11.2 Å². The summed E-state index contributed by atoms with van der Waals surface area (Å²) in [6, 6.07) is 10.5. The Labute approximate surface area is 144 Å². The molecule has 2 rings (SSSR count). The summed E-state index contributed by atoms with van der Waals surface area (Å²) in [7, 11) is 3.17. The van der Waals surface area contributed by atoms with E-state index in [1.165, 1.54) is 4.90 Å². The Balaban J connectivity index is 2.09. The molecule has 0 spiro atoms. The number of carbonyl (C=O) groups excluding carboxylic acids is 2. The number of rotatable bonds is 5. The molecule has 0 aliphatic rings. The first-order valence-electron chi connectivity index (χ1n) is 7.64. The molecule has 0 saturated heterocycles. The Hall–Kier alpha value is -2.96. The molecule has 0 aliphatic heterocycles. The zero-order valence-electron chi connectivity index (χ0n) is 13.9. The lowest BCUT2D eigenvalue weighted by Crippen LogP contribution is -2.48. The van der Waals surface area contributed by atoms with Crippen molar-refractivity contribution in [1.29, 1.82) is 0 Å². The summed E-state index contributed by atoms with van der Waals surface area (Å²) in [5.74, 6) is -1.93. The molecule has 0 unspecified atom stereocenters. The number of likely N-dealkylation sites (N-methyl/N-ethyl adjacent to an activating group) is 1. The number of nitrogens with zero attached hydrogens (tertiary/aromatic N) is 1. The van der Waals surface area contributed by atoms with Crippen molar-refractivity contribution >= 4 is 17.6 Å². The van der Waals surface area contributed by atoms with Crippen molar-refractivity contribution in [3.8, 4) is 0 Å². The topological polar surface area (TPSA) is 61.4 Å². The third-order valence-electron chi connectivity index (χ3n) is 3.51. The maximum atomic E-state index is 13.6. The number of urea groups is 1. The van der Waals surface area contributed by atoms with Crippen molar-refractivity contribution in [2.75, 3.05) is 19.4 Å². The first-order valence-corrected chi connectivity index (χ1v) is 7.64. The van der Waals surface area contributed by atoms with Gasteiger partial charge in [-0.1, -0.05) is 30.3 Å². The van der Waals surface area contributed by atoms with E-state index in [-0.39, 0.29) is 18.0 Å². The van der Waals surface area contributed by atoms with Crippen molar-refractivity contribution in [1.82, 2.24) is 10.2 Å². The van der Waals surface area contributed by atoms with Crippen molar-refractivity contribution in [2.45, 2.75) is 12.5 Å². The first kappa shape index (κ1) is 18.4. The maximum absolute atomic E-state index is 13.6. The number of halogens is 2. The lowest BCUT2D eigenvalue weighted by Gasteiger charge is -2.22. The second-order valence-corrected chi connectivity index (χ2v) is 5.70. The molecule has 132 valence electrons. The molecule has 2 aromatic rings. The van der Waals surface area contributed by atoms with Crippen LogP contribution in [0.25, 0.3) is 0 Å². The van der Waals surface area contributed by atoms with E-state index in [0.29, 0.717) is 6.07 Å². The normalized spacial score (nSPS) is 11.5. The van der Waals surface area contributed by atoms with Crippen molar-refractivity contribution in [3.05, 3.63) is 65.7 Å². The summed E-state index contributed by atoms with van der Waals surface area (Å²) in [5.41, 5.74) is 0.700. The molecule has 0 bridgehead atoms. The van der Waals surface area contributed by atoms with Crippen LogP contribution >= 0.6 is 0 Å². The quantitative estimate of drug-likeness (QED) is 0.874. The van der Waals surface area contributed by atoms with Crippen LogP contribution in [0.3, 0.4) is 0 Å². The Bertz CT molecular complexity index is 751. The van der Waals surface area contributed by atoms with E-state index < -0.39 is 23.7 Å². The van der Waals surface area contributed by atoms with E-state index in [1.807, 2.05) is 30.3 Å². The smallest absolute Gasteiger partial charge is 0.319 e. The lowest BCUT2D eigenvalue weighted by atomic mass is 10.1. The minimum absolute atomic E-state index is 0.172. The predicted molar refractivity (Wildman–Crippen MR) is 91.1 cm³/mol. The zero-order chi connectivity index (χ0) is 18.4. The van der Waals surface area contributed by atoms with Crippen LogP contribution in [0.4, 0.5) is 19.3 Å². The Morgan fingerprint density at radius 2 is 1.76 bits per heavy atom. The summed E-state index contributed by atoms with van der Waals surface area (Å²) in [4.78, 5) is 25.8. The molecule has 0 saturated carbocycles. The van der Waals surface area contributed by atoms with E-state index in [4.69, 9.17) is 0 Å². The molecule has 2 N–H and O–H groups in total. The van der Waals surface area contributed by atoms with Gasteiger partial charge >= 0.3 is 6.03 Å². The number of amides is 3. The molecule has 0 heterocycles. The predicted octanol–water partition coefficient (Wildman–Crippen LogP) is 2.79. The monoisotopic (exact) mass is 347 g/mol. The minimum Gasteiger partial charge on any atom is -0.347 e. The fourth-order valence-electron chi connectivity index (χ4n) is 2.27. The highest BCUT2D eigenvalue weighted by atomic mass is 19.1. The van der Waals surface area contributed by atoms with E-state index in [2.05, 4.69) is 10.6 Å². The van der Waals surface area contributed by atoms with Crippen LogP contribution < -0.4 is 10.6 Å². The van der Waals surface area contributed by atoms with E-state index in [1.54, 1.807) is 14.1 Å². The molecule has 0 radical (unpaired) electrons. The fourth-order valence-corrected chi connectivity index (χ4v) is 2.27. The van der Waals surface area contributed by atoms with Crippen molar-refractivity contribution < 1.29 is 18.4 Å². The van der Waals surface area contributed by atoms with E-state index in [9.17, 15) is 18.4 Å². The van der Waals surface area contributed by atoms with Gasteiger partial charge in [0.15, 0.2) is 0 Å². The van der Waals surface area contributed by atoms with Gasteiger partial charge in [0.1, 0.15) is 17.7 Å². The summed E-state index contributed by atoms with van der Waals surface area (Å²) >= 11 is 0. The molecule has 0 aliphatic carbocycles. The average molecular weight is 347 g/mol. The number of hydrogen-bond donors (Lipinski definition) is 2. The van der Waals surface area contributed by atoms with Crippen LogP contribution in [-0.4, -0.2) is 37.0 Å². The molecule has 1 atom stereocenters. The molecule has 3 amide bonds. The molecule has 0 fully saturated rings. The maximum Gasteiger partial charge on any atom is 0.319 e. The summed E-state index contributed by atoms with van der Waals surface area (Å²) in [6.45, 7) is 0. The van der Waals surface area contributed by atoms with Crippen molar-refractivity contribution in [2.24, 2.45) is 0 Å². The molecular weight excluding hydrogens is 328 g/mol. The van der Waals surface area contributed by atoms with Gasteiger partial charge in [-0.15, -0.1) is 0 Å². The highest BCUT2D eigenvalue weighted by molar-refractivity contribution is 5.93. The highest BCUT2D eigenvalue weighted by Crippen LogP contribution is 2.15. The number of benzene rings is 2. The number of hydrogen-bond acceptors (Lipinski definition) is 2. The summed E-state index contributed by atoms with van der Waals surface area (Å²) < 4.78 is 26.5. The first-order chi connectivity index (χ1) is 11.9. The standard InChI is InChI=1S/C18H19F2N3O2/c1-23(2)17(24)16(10-12-6-4-3-5-7-12)22-18(25)21-15-9-8-13(19)11-14(15)20/h3-9,11,16H,10H2,1-2H3,(H2,21,22,25)/t16-/m1/s1. The molecule has 2 aromatic carbocycles. The van der Waals surface area contributed by atoms with Gasteiger partial charge in [0, 0.05) is 26.6 Å². The van der Waals surface area contributed by atoms with Gasteiger partial charge in [-0.05, 0) is 17.7 Å². The molecule has 7 heteroatoms. The third kappa shape index (κ3) is 5.27. The lowest BCUT2D eigenvalue weighted by molar-refractivity contribution is -0.130. The third-order valence-corrected chi connectivity index (χ3v) is 3.51. The van der Waals surface area contributed by atoms with Gasteiger partial charge in [-0.25, -0.2) is 13.6 Å². The fraction of sp³-hybridized carbons (Fsp3) is 0.222.